The second kappa shape index (κ2) is 7.86. The number of hydrogen-bond acceptors (Lipinski definition) is 7. The molecule has 136 valence electrons. The van der Waals surface area contributed by atoms with E-state index < -0.39 is 0 Å². The maximum atomic E-state index is 5.43. The van der Waals surface area contributed by atoms with Crippen molar-refractivity contribution in [1.29, 1.82) is 0 Å². The molecule has 0 bridgehead atoms. The van der Waals surface area contributed by atoms with Gasteiger partial charge in [0, 0.05) is 12.2 Å². The third-order valence-electron chi connectivity index (χ3n) is 4.09. The van der Waals surface area contributed by atoms with Crippen LogP contribution in [0.25, 0.3) is 22.8 Å². The third-order valence-corrected chi connectivity index (χ3v) is 4.09. The van der Waals surface area contributed by atoms with E-state index in [1.807, 2.05) is 30.3 Å². The van der Waals surface area contributed by atoms with E-state index in [0.29, 0.717) is 34.8 Å². The monoisotopic (exact) mass is 354 g/mol. The zero-order valence-electron chi connectivity index (χ0n) is 15.3. The molecule has 1 N–H and O–H groups in total. The molecule has 26 heavy (non-hydrogen) atoms. The Hall–Kier alpha value is -3.09. The molecule has 2 heterocycles. The van der Waals surface area contributed by atoms with Gasteiger partial charge in [-0.3, -0.25) is 0 Å². The Morgan fingerprint density at radius 2 is 2.00 bits per heavy atom. The van der Waals surface area contributed by atoms with E-state index in [1.165, 1.54) is 0 Å². The zero-order chi connectivity index (χ0) is 18.5. The molecule has 0 aliphatic heterocycles. The van der Waals surface area contributed by atoms with Crippen LogP contribution in [0.2, 0.25) is 0 Å². The van der Waals surface area contributed by atoms with Gasteiger partial charge >= 0.3 is 0 Å². The highest BCUT2D eigenvalue weighted by molar-refractivity contribution is 5.69. The highest BCUT2D eigenvalue weighted by Crippen LogP contribution is 2.37. The number of benzene rings is 1. The lowest BCUT2D eigenvalue weighted by molar-refractivity contribution is 0.355. The van der Waals surface area contributed by atoms with Crippen molar-refractivity contribution in [2.75, 3.05) is 19.5 Å². The lowest BCUT2D eigenvalue weighted by Crippen LogP contribution is -2.14. The van der Waals surface area contributed by atoms with E-state index in [-0.39, 0.29) is 0 Å². The Labute approximate surface area is 152 Å². The molecule has 0 saturated carbocycles. The molecule has 0 saturated heterocycles. The first-order valence-corrected chi connectivity index (χ1v) is 8.44. The Balaban J connectivity index is 1.87. The molecule has 3 aromatic rings. The first-order valence-electron chi connectivity index (χ1n) is 8.44. The first kappa shape index (κ1) is 17.7. The van der Waals surface area contributed by atoms with Crippen LogP contribution in [0, 0.1) is 0 Å². The van der Waals surface area contributed by atoms with E-state index in [0.717, 1.165) is 17.8 Å². The molecule has 1 aromatic carbocycles. The molecule has 1 atom stereocenters. The SMILES string of the molecule is CC[C@@H](C)Nc1ccc(-c2nc(-c3cccc(OC)c3OC)no2)cn1. The fraction of sp³-hybridized carbons (Fsp3) is 0.316. The predicted octanol–water partition coefficient (Wildman–Crippen LogP) is 4.03. The summed E-state index contributed by atoms with van der Waals surface area (Å²) in [7, 11) is 3.17. The van der Waals surface area contributed by atoms with Gasteiger partial charge in [0.05, 0.1) is 25.3 Å². The molecule has 0 spiro atoms. The lowest BCUT2D eigenvalue weighted by Gasteiger charge is -2.11. The van der Waals surface area contributed by atoms with Crippen LogP contribution in [0.3, 0.4) is 0 Å². The van der Waals surface area contributed by atoms with Crippen molar-refractivity contribution >= 4 is 5.82 Å². The third kappa shape index (κ3) is 3.61. The summed E-state index contributed by atoms with van der Waals surface area (Å²) in [5, 5.41) is 7.39. The fourth-order valence-electron chi connectivity index (χ4n) is 2.47. The number of anilines is 1. The molecule has 0 radical (unpaired) electrons. The molecule has 0 aliphatic carbocycles. The minimum absolute atomic E-state index is 0.365. The van der Waals surface area contributed by atoms with Crippen molar-refractivity contribution in [3.05, 3.63) is 36.5 Å². The summed E-state index contributed by atoms with van der Waals surface area (Å²) in [6.07, 6.45) is 2.74. The standard InChI is InChI=1S/C19H22N4O3/c1-5-12(2)21-16-10-9-13(11-20-16)19-22-18(23-26-19)14-7-6-8-15(24-3)17(14)25-4/h6-12H,5H2,1-4H3,(H,20,21)/t12-/m1/s1. The highest BCUT2D eigenvalue weighted by Gasteiger charge is 2.17. The topological polar surface area (TPSA) is 82.3 Å². The maximum Gasteiger partial charge on any atom is 0.259 e. The van der Waals surface area contributed by atoms with Crippen molar-refractivity contribution in [2.45, 2.75) is 26.3 Å². The number of aromatic nitrogens is 3. The Morgan fingerprint density at radius 3 is 2.65 bits per heavy atom. The van der Waals surface area contributed by atoms with Crippen molar-refractivity contribution < 1.29 is 14.0 Å². The number of nitrogens with zero attached hydrogens (tertiary/aromatic N) is 3. The molecule has 2 aromatic heterocycles. The normalized spacial score (nSPS) is 11.8. The van der Waals surface area contributed by atoms with Gasteiger partial charge in [0.1, 0.15) is 5.82 Å². The van der Waals surface area contributed by atoms with E-state index in [2.05, 4.69) is 34.3 Å². The molecule has 3 rings (SSSR count). The smallest absolute Gasteiger partial charge is 0.259 e. The van der Waals surface area contributed by atoms with Crippen LogP contribution in [0.15, 0.2) is 41.1 Å². The van der Waals surface area contributed by atoms with Crippen LogP contribution in [0.1, 0.15) is 20.3 Å². The Bertz CT molecular complexity index is 861. The average molecular weight is 354 g/mol. The molecule has 0 fully saturated rings. The molecule has 0 unspecified atom stereocenters. The summed E-state index contributed by atoms with van der Waals surface area (Å²) in [4.78, 5) is 8.87. The number of para-hydroxylation sites is 1. The number of methoxy groups -OCH3 is 2. The molecule has 0 aliphatic rings. The summed E-state index contributed by atoms with van der Waals surface area (Å²) < 4.78 is 16.2. The van der Waals surface area contributed by atoms with Crippen molar-refractivity contribution in [1.82, 2.24) is 15.1 Å². The second-order valence-corrected chi connectivity index (χ2v) is 5.85. The highest BCUT2D eigenvalue weighted by atomic mass is 16.5. The van der Waals surface area contributed by atoms with Crippen molar-refractivity contribution in [3.8, 4) is 34.3 Å². The van der Waals surface area contributed by atoms with Gasteiger partial charge in [-0.25, -0.2) is 4.98 Å². The average Bonchev–Trinajstić information content (AvgIpc) is 3.17. The maximum absolute atomic E-state index is 5.43. The molecule has 7 heteroatoms. The number of hydrogen-bond donors (Lipinski definition) is 1. The van der Waals surface area contributed by atoms with Gasteiger partial charge in [-0.1, -0.05) is 18.1 Å². The predicted molar refractivity (Wildman–Crippen MR) is 99.4 cm³/mol. The molecular weight excluding hydrogens is 332 g/mol. The minimum Gasteiger partial charge on any atom is -0.493 e. The van der Waals surface area contributed by atoms with Crippen LogP contribution in [-0.4, -0.2) is 35.4 Å². The van der Waals surface area contributed by atoms with Crippen LogP contribution in [0.5, 0.6) is 11.5 Å². The van der Waals surface area contributed by atoms with Gasteiger partial charge in [-0.05, 0) is 37.6 Å². The number of rotatable bonds is 7. The summed E-state index contributed by atoms with van der Waals surface area (Å²) >= 11 is 0. The van der Waals surface area contributed by atoms with Crippen LogP contribution in [-0.2, 0) is 0 Å². The summed E-state index contributed by atoms with van der Waals surface area (Å²) in [6, 6.07) is 9.69. The van der Waals surface area contributed by atoms with Gasteiger partial charge in [0.2, 0.25) is 5.82 Å². The molecule has 0 amide bonds. The van der Waals surface area contributed by atoms with Gasteiger partial charge in [0.25, 0.3) is 5.89 Å². The summed E-state index contributed by atoms with van der Waals surface area (Å²) in [6.45, 7) is 4.24. The van der Waals surface area contributed by atoms with Crippen LogP contribution >= 0.6 is 0 Å². The van der Waals surface area contributed by atoms with Crippen LogP contribution in [0.4, 0.5) is 5.82 Å². The zero-order valence-corrected chi connectivity index (χ0v) is 15.3. The van der Waals surface area contributed by atoms with E-state index in [9.17, 15) is 0 Å². The van der Waals surface area contributed by atoms with Crippen molar-refractivity contribution in [3.63, 3.8) is 0 Å². The Kier molecular flexibility index (Phi) is 5.36. The first-order chi connectivity index (χ1) is 12.7. The quantitative estimate of drug-likeness (QED) is 0.686. The summed E-state index contributed by atoms with van der Waals surface area (Å²) in [5.74, 6) is 2.81. The van der Waals surface area contributed by atoms with Gasteiger partial charge in [0.15, 0.2) is 11.5 Å². The van der Waals surface area contributed by atoms with Gasteiger partial charge in [-0.15, -0.1) is 0 Å². The second-order valence-electron chi connectivity index (χ2n) is 5.85. The largest absolute Gasteiger partial charge is 0.493 e. The van der Waals surface area contributed by atoms with Crippen LogP contribution < -0.4 is 14.8 Å². The van der Waals surface area contributed by atoms with Crippen molar-refractivity contribution in [2.24, 2.45) is 0 Å². The number of ether oxygens (including phenoxy) is 2. The molecule has 7 nitrogen and oxygen atoms in total. The van der Waals surface area contributed by atoms with Gasteiger partial charge < -0.3 is 19.3 Å². The van der Waals surface area contributed by atoms with E-state index in [1.54, 1.807) is 20.4 Å². The minimum atomic E-state index is 0.365. The van der Waals surface area contributed by atoms with E-state index in [4.69, 9.17) is 14.0 Å². The summed E-state index contributed by atoms with van der Waals surface area (Å²) in [5.41, 5.74) is 1.45. The Morgan fingerprint density at radius 1 is 1.15 bits per heavy atom. The van der Waals surface area contributed by atoms with Gasteiger partial charge in [-0.2, -0.15) is 4.98 Å². The number of nitrogens with one attached hydrogen (secondary N) is 1. The lowest BCUT2D eigenvalue weighted by atomic mass is 10.1. The molecular formula is C19H22N4O3. The number of pyridine rings is 1. The van der Waals surface area contributed by atoms with E-state index >= 15 is 0 Å². The fourth-order valence-corrected chi connectivity index (χ4v) is 2.47.